The van der Waals surface area contributed by atoms with Gasteiger partial charge in [-0.3, -0.25) is 5.01 Å². The van der Waals surface area contributed by atoms with Crippen LogP contribution in [-0.4, -0.2) is 23.3 Å². The largest absolute Gasteiger partial charge is 0.463 e. The summed E-state index contributed by atoms with van der Waals surface area (Å²) in [6.45, 7) is 3.92. The van der Waals surface area contributed by atoms with Crippen molar-refractivity contribution in [3.8, 4) is 0 Å². The van der Waals surface area contributed by atoms with E-state index in [2.05, 4.69) is 0 Å². The number of esters is 1. The predicted molar refractivity (Wildman–Crippen MR) is 96.8 cm³/mol. The molecule has 0 saturated heterocycles. The fourth-order valence-corrected chi connectivity index (χ4v) is 3.51. The van der Waals surface area contributed by atoms with Gasteiger partial charge in [0.2, 0.25) is 0 Å². The molecule has 0 N–H and O–H groups in total. The van der Waals surface area contributed by atoms with Gasteiger partial charge in [0.25, 0.3) is 0 Å². The van der Waals surface area contributed by atoms with Gasteiger partial charge in [-0.2, -0.15) is 5.10 Å². The van der Waals surface area contributed by atoms with E-state index in [9.17, 15) is 9.18 Å². The Balaban J connectivity index is 1.93. The van der Waals surface area contributed by atoms with Crippen molar-refractivity contribution in [3.63, 3.8) is 0 Å². The van der Waals surface area contributed by atoms with Crippen molar-refractivity contribution in [3.05, 3.63) is 69.8 Å². The van der Waals surface area contributed by atoms with Crippen molar-refractivity contribution in [1.82, 2.24) is 5.01 Å². The molecule has 0 aliphatic carbocycles. The van der Waals surface area contributed by atoms with Gasteiger partial charge < -0.3 is 4.74 Å². The molecule has 1 aliphatic heterocycles. The van der Waals surface area contributed by atoms with Crippen LogP contribution in [0.4, 0.5) is 4.39 Å². The molecular formula is C19H19FN2O2S. The summed E-state index contributed by atoms with van der Waals surface area (Å²) >= 11 is 1.63. The summed E-state index contributed by atoms with van der Waals surface area (Å²) in [7, 11) is 0. The molecule has 0 fully saturated rings. The van der Waals surface area contributed by atoms with Gasteiger partial charge in [0.05, 0.1) is 23.2 Å². The normalized spacial score (nSPS) is 17.6. The quantitative estimate of drug-likeness (QED) is 0.583. The van der Waals surface area contributed by atoms with Crippen LogP contribution in [0.5, 0.6) is 0 Å². The summed E-state index contributed by atoms with van der Waals surface area (Å²) in [6, 6.07) is 10.3. The Kier molecular flexibility index (Phi) is 5.28. The number of hydrazone groups is 1. The molecule has 0 bridgehead atoms. The molecule has 4 nitrogen and oxygen atoms in total. The van der Waals surface area contributed by atoms with Crippen LogP contribution in [0.3, 0.4) is 0 Å². The van der Waals surface area contributed by atoms with Gasteiger partial charge in [-0.15, -0.1) is 11.3 Å². The molecule has 2 heterocycles. The lowest BCUT2D eigenvalue weighted by Crippen LogP contribution is -2.19. The Bertz CT molecular complexity index is 797. The van der Waals surface area contributed by atoms with Crippen molar-refractivity contribution < 1.29 is 13.9 Å². The standard InChI is InChI=1S/C19H19FN2O2S/c1-3-24-19(23)11-13(2)22-17(14-6-8-15(20)9-7-14)12-16(21-22)18-5-4-10-25-18/h4-11,17H,3,12H2,1-2H3/b13-11+/t17-/m1/s1. The van der Waals surface area contributed by atoms with Gasteiger partial charge in [-0.1, -0.05) is 18.2 Å². The van der Waals surface area contributed by atoms with E-state index in [0.717, 1.165) is 16.2 Å². The van der Waals surface area contributed by atoms with Crippen molar-refractivity contribution in [1.29, 1.82) is 0 Å². The number of rotatable bonds is 5. The number of ether oxygens (including phenoxy) is 1. The average Bonchev–Trinajstić information content (AvgIpc) is 3.25. The van der Waals surface area contributed by atoms with Crippen molar-refractivity contribution in [2.24, 2.45) is 5.10 Å². The van der Waals surface area contributed by atoms with Crippen molar-refractivity contribution in [2.45, 2.75) is 26.3 Å². The zero-order chi connectivity index (χ0) is 17.8. The van der Waals surface area contributed by atoms with E-state index in [1.807, 2.05) is 29.4 Å². The van der Waals surface area contributed by atoms with Gasteiger partial charge in [-0.05, 0) is 43.0 Å². The van der Waals surface area contributed by atoms with Crippen LogP contribution in [0, 0.1) is 5.82 Å². The lowest BCUT2D eigenvalue weighted by Gasteiger charge is -2.24. The lowest BCUT2D eigenvalue weighted by molar-refractivity contribution is -0.137. The third-order valence-corrected chi connectivity index (χ3v) is 4.86. The van der Waals surface area contributed by atoms with E-state index in [-0.39, 0.29) is 11.9 Å². The number of nitrogens with zero attached hydrogens (tertiary/aromatic N) is 2. The number of benzene rings is 1. The third kappa shape index (κ3) is 3.96. The highest BCUT2D eigenvalue weighted by Crippen LogP contribution is 2.36. The second-order valence-electron chi connectivity index (χ2n) is 5.68. The molecule has 25 heavy (non-hydrogen) atoms. The minimum absolute atomic E-state index is 0.0802. The van der Waals surface area contributed by atoms with Crippen LogP contribution in [0.2, 0.25) is 0 Å². The molecule has 0 amide bonds. The fraction of sp³-hybridized carbons (Fsp3) is 0.263. The van der Waals surface area contributed by atoms with Crippen LogP contribution in [-0.2, 0) is 9.53 Å². The van der Waals surface area contributed by atoms with Crippen molar-refractivity contribution >= 4 is 23.0 Å². The number of halogens is 1. The van der Waals surface area contributed by atoms with E-state index in [1.165, 1.54) is 18.2 Å². The first-order valence-electron chi connectivity index (χ1n) is 8.09. The number of allylic oxidation sites excluding steroid dienone is 1. The summed E-state index contributed by atoms with van der Waals surface area (Å²) in [5.41, 5.74) is 2.61. The molecule has 6 heteroatoms. The molecule has 1 aromatic heterocycles. The molecule has 0 saturated carbocycles. The molecule has 0 radical (unpaired) electrons. The fourth-order valence-electron chi connectivity index (χ4n) is 2.79. The second kappa shape index (κ2) is 7.61. The van der Waals surface area contributed by atoms with Crippen LogP contribution in [0.15, 0.2) is 58.7 Å². The average molecular weight is 358 g/mol. The molecule has 1 aliphatic rings. The smallest absolute Gasteiger partial charge is 0.332 e. The highest BCUT2D eigenvalue weighted by Gasteiger charge is 2.30. The zero-order valence-electron chi connectivity index (χ0n) is 14.1. The molecular weight excluding hydrogens is 339 g/mol. The SMILES string of the molecule is CCOC(=O)/C=C(\C)N1N=C(c2cccs2)C[C@@H]1c1ccc(F)cc1. The molecule has 1 atom stereocenters. The van der Waals surface area contributed by atoms with Crippen LogP contribution >= 0.6 is 11.3 Å². The molecule has 0 spiro atoms. The molecule has 0 unspecified atom stereocenters. The van der Waals surface area contributed by atoms with E-state index in [4.69, 9.17) is 9.84 Å². The van der Waals surface area contributed by atoms with Crippen LogP contribution in [0.25, 0.3) is 0 Å². The predicted octanol–water partition coefficient (Wildman–Crippen LogP) is 4.51. The van der Waals surface area contributed by atoms with Gasteiger partial charge in [-0.25, -0.2) is 9.18 Å². The molecule has 130 valence electrons. The maximum Gasteiger partial charge on any atom is 0.332 e. The second-order valence-corrected chi connectivity index (χ2v) is 6.63. The first-order chi connectivity index (χ1) is 12.1. The topological polar surface area (TPSA) is 41.9 Å². The first-order valence-corrected chi connectivity index (χ1v) is 8.97. The minimum Gasteiger partial charge on any atom is -0.463 e. The monoisotopic (exact) mass is 358 g/mol. The Morgan fingerprint density at radius 2 is 2.16 bits per heavy atom. The van der Waals surface area contributed by atoms with E-state index >= 15 is 0 Å². The van der Waals surface area contributed by atoms with Gasteiger partial charge >= 0.3 is 5.97 Å². The summed E-state index contributed by atoms with van der Waals surface area (Å²) < 4.78 is 18.3. The van der Waals surface area contributed by atoms with E-state index in [0.29, 0.717) is 18.7 Å². The van der Waals surface area contributed by atoms with Crippen LogP contribution < -0.4 is 0 Å². The number of carbonyl (C=O) groups is 1. The highest BCUT2D eigenvalue weighted by atomic mass is 32.1. The Morgan fingerprint density at radius 3 is 2.80 bits per heavy atom. The maximum absolute atomic E-state index is 13.3. The van der Waals surface area contributed by atoms with Gasteiger partial charge in [0.1, 0.15) is 5.82 Å². The zero-order valence-corrected chi connectivity index (χ0v) is 14.9. The Morgan fingerprint density at radius 1 is 1.40 bits per heavy atom. The van der Waals surface area contributed by atoms with Gasteiger partial charge in [0, 0.05) is 18.2 Å². The van der Waals surface area contributed by atoms with E-state index in [1.54, 1.807) is 30.4 Å². The molecule has 1 aromatic carbocycles. The van der Waals surface area contributed by atoms with Crippen molar-refractivity contribution in [2.75, 3.05) is 6.61 Å². The van der Waals surface area contributed by atoms with E-state index < -0.39 is 5.97 Å². The Labute approximate surface area is 150 Å². The Hall–Kier alpha value is -2.47. The summed E-state index contributed by atoms with van der Waals surface area (Å²) in [6.07, 6.45) is 2.14. The van der Waals surface area contributed by atoms with Crippen LogP contribution in [0.1, 0.15) is 36.8 Å². The number of thiophene rings is 1. The summed E-state index contributed by atoms with van der Waals surface area (Å²) in [5, 5.41) is 8.54. The van der Waals surface area contributed by atoms with Gasteiger partial charge in [0.15, 0.2) is 0 Å². The first kappa shape index (κ1) is 17.4. The highest BCUT2D eigenvalue weighted by molar-refractivity contribution is 7.12. The molecule has 3 rings (SSSR count). The number of carbonyl (C=O) groups excluding carboxylic acids is 1. The maximum atomic E-state index is 13.3. The molecule has 2 aromatic rings. The summed E-state index contributed by atoms with van der Waals surface area (Å²) in [5.74, 6) is -0.663. The third-order valence-electron chi connectivity index (χ3n) is 3.95. The summed E-state index contributed by atoms with van der Waals surface area (Å²) in [4.78, 5) is 12.9. The lowest BCUT2D eigenvalue weighted by atomic mass is 10.0. The minimum atomic E-state index is -0.391. The number of hydrogen-bond acceptors (Lipinski definition) is 5. The number of hydrogen-bond donors (Lipinski definition) is 0.